The van der Waals surface area contributed by atoms with Crippen LogP contribution in [0.2, 0.25) is 0 Å². The highest BCUT2D eigenvalue weighted by atomic mass is 35.5. The molecule has 3 amide bonds. The van der Waals surface area contributed by atoms with Crippen LogP contribution in [0, 0.1) is 0 Å². The Morgan fingerprint density at radius 3 is 1.13 bits per heavy atom. The molecule has 11 heteroatoms. The molecule has 2 heterocycles. The summed E-state index contributed by atoms with van der Waals surface area (Å²) in [5, 5.41) is 8.69. The summed E-state index contributed by atoms with van der Waals surface area (Å²) in [6, 6.07) is 8.04. The fraction of sp³-hybridized carbons (Fsp3) is 0.618. The lowest BCUT2D eigenvalue weighted by molar-refractivity contribution is -0.684. The maximum absolute atomic E-state index is 12.1. The summed E-state index contributed by atoms with van der Waals surface area (Å²) < 4.78 is 3.78. The Morgan fingerprint density at radius 1 is 0.533 bits per heavy atom. The highest BCUT2D eigenvalue weighted by Crippen LogP contribution is 2.15. The fourth-order valence-electron chi connectivity index (χ4n) is 4.34. The smallest absolute Gasteiger partial charge is 0.285 e. The Balaban J connectivity index is 0. The second-order valence-corrected chi connectivity index (χ2v) is 11.2. The van der Waals surface area contributed by atoms with E-state index in [1.54, 1.807) is 0 Å². The minimum atomic E-state index is -0.0665. The van der Waals surface area contributed by atoms with Crippen molar-refractivity contribution in [2.45, 2.75) is 111 Å². The maximum Gasteiger partial charge on any atom is 0.285 e. The minimum absolute atomic E-state index is 0. The Bertz CT molecular complexity index is 955. The van der Waals surface area contributed by atoms with Gasteiger partial charge in [0.15, 0.2) is 24.8 Å². The summed E-state index contributed by atoms with van der Waals surface area (Å²) in [4.78, 5) is 34.7. The molecule has 2 aromatic heterocycles. The molecule has 0 aliphatic rings. The molecule has 0 bridgehead atoms. The molecule has 3 N–H and O–H groups in total. The Labute approximate surface area is 289 Å². The van der Waals surface area contributed by atoms with Crippen molar-refractivity contribution in [2.24, 2.45) is 0 Å². The van der Waals surface area contributed by atoms with E-state index in [1.807, 2.05) is 58.2 Å². The van der Waals surface area contributed by atoms with E-state index >= 15 is 0 Å². The molecule has 256 valence electrons. The average molecular weight is 689 g/mol. The van der Waals surface area contributed by atoms with E-state index in [2.05, 4.69) is 36.7 Å². The third-order valence-corrected chi connectivity index (χ3v) is 7.19. The molecule has 0 atom stereocenters. The normalized spacial score (nSPS) is 9.96. The maximum atomic E-state index is 12.1. The summed E-state index contributed by atoms with van der Waals surface area (Å²) >= 11 is 5.28. The number of carbonyl (C=O) groups excluding carboxylic acids is 3. The largest absolute Gasteiger partial charge is 1.00 e. The first-order valence-corrected chi connectivity index (χ1v) is 16.8. The number of hydrogen-bond acceptors (Lipinski definition) is 3. The highest BCUT2D eigenvalue weighted by Gasteiger charge is 2.11. The van der Waals surface area contributed by atoms with Crippen molar-refractivity contribution in [1.82, 2.24) is 16.0 Å². The molecule has 0 aliphatic carbocycles. The van der Waals surface area contributed by atoms with E-state index in [1.165, 1.54) is 57.8 Å². The Morgan fingerprint density at radius 2 is 0.844 bits per heavy atom. The van der Waals surface area contributed by atoms with Crippen LogP contribution in [0.1, 0.15) is 97.8 Å². The number of amides is 3. The van der Waals surface area contributed by atoms with Gasteiger partial charge in [-0.2, -0.15) is 9.13 Å². The van der Waals surface area contributed by atoms with Crippen molar-refractivity contribution in [3.8, 4) is 11.1 Å². The van der Waals surface area contributed by atoms with Gasteiger partial charge in [0.1, 0.15) is 5.88 Å². The number of alkyl halides is 1. The molecule has 0 spiro atoms. The lowest BCUT2D eigenvalue weighted by atomic mass is 10.1. The third kappa shape index (κ3) is 23.6. The third-order valence-electron chi connectivity index (χ3n) is 6.95. The summed E-state index contributed by atoms with van der Waals surface area (Å²) in [6.07, 6.45) is 21.7. The second-order valence-electron chi connectivity index (χ2n) is 10.9. The van der Waals surface area contributed by atoms with Crippen LogP contribution < -0.4 is 49.9 Å². The van der Waals surface area contributed by atoms with Crippen LogP contribution in [0.15, 0.2) is 49.1 Å². The number of carbonyl (C=O) groups is 3. The summed E-state index contributed by atoms with van der Waals surface area (Å²) in [7, 11) is 0. The van der Waals surface area contributed by atoms with Crippen molar-refractivity contribution >= 4 is 29.3 Å². The molecular weight excluding hydrogens is 633 g/mol. The van der Waals surface area contributed by atoms with E-state index in [-0.39, 0.29) is 48.4 Å². The van der Waals surface area contributed by atoms with E-state index in [4.69, 9.17) is 11.6 Å². The van der Waals surface area contributed by atoms with Crippen LogP contribution in [0.5, 0.6) is 0 Å². The molecule has 0 saturated carbocycles. The molecule has 0 radical (unpaired) electrons. The van der Waals surface area contributed by atoms with E-state index in [9.17, 15) is 14.4 Å². The average Bonchev–Trinajstić information content (AvgIpc) is 3.02. The summed E-state index contributed by atoms with van der Waals surface area (Å²) in [5.74, 6) is 0.101. The quantitative estimate of drug-likeness (QED) is 0.0917. The van der Waals surface area contributed by atoms with Gasteiger partial charge < -0.3 is 40.8 Å². The Hall–Kier alpha value is -2.42. The van der Waals surface area contributed by atoms with Gasteiger partial charge in [-0.1, -0.05) is 78.6 Å². The zero-order valence-corrected chi connectivity index (χ0v) is 29.9. The van der Waals surface area contributed by atoms with Gasteiger partial charge in [0, 0.05) is 43.9 Å². The predicted octanol–water partition coefficient (Wildman–Crippen LogP) is -0.749. The van der Waals surface area contributed by atoms with Crippen molar-refractivity contribution in [2.75, 3.05) is 25.5 Å². The molecule has 2 rings (SSSR count). The molecular formula is C34H56Cl3N5O3. The number of unbranched alkanes of at least 4 members (excludes halogenated alkanes) is 9. The van der Waals surface area contributed by atoms with Crippen molar-refractivity contribution in [1.29, 1.82) is 0 Å². The van der Waals surface area contributed by atoms with Crippen LogP contribution in [0.25, 0.3) is 11.1 Å². The van der Waals surface area contributed by atoms with Crippen LogP contribution >= 0.6 is 11.6 Å². The zero-order valence-electron chi connectivity index (χ0n) is 27.6. The van der Waals surface area contributed by atoms with Crippen molar-refractivity contribution in [3.05, 3.63) is 49.1 Å². The fourth-order valence-corrected chi connectivity index (χ4v) is 4.43. The molecule has 0 fully saturated rings. The molecule has 0 aromatic carbocycles. The minimum Gasteiger partial charge on any atom is -1.00 e. The number of hydrogen-bond donors (Lipinski definition) is 3. The van der Waals surface area contributed by atoms with E-state index in [0.717, 1.165) is 50.0 Å². The van der Waals surface area contributed by atoms with Gasteiger partial charge in [0.05, 0.1) is 0 Å². The predicted molar refractivity (Wildman–Crippen MR) is 174 cm³/mol. The molecule has 8 nitrogen and oxygen atoms in total. The van der Waals surface area contributed by atoms with Crippen molar-refractivity contribution in [3.63, 3.8) is 0 Å². The molecule has 0 saturated heterocycles. The highest BCUT2D eigenvalue weighted by molar-refractivity contribution is 6.27. The monoisotopic (exact) mass is 687 g/mol. The van der Waals surface area contributed by atoms with Crippen LogP contribution in [-0.4, -0.2) is 43.2 Å². The lowest BCUT2D eigenvalue weighted by Crippen LogP contribution is -3.00. The van der Waals surface area contributed by atoms with Crippen molar-refractivity contribution < 1.29 is 48.3 Å². The summed E-state index contributed by atoms with van der Waals surface area (Å²) in [5.41, 5.74) is 2.16. The SMILES string of the molecule is CCCCCCNC(=O)CCl.CCCCCCNC(=O)C[n+]1ccc(-c2cc[n+](CC(=O)NCCCCCC)cc2)cc1.[Cl-].[Cl-]. The molecule has 0 aliphatic heterocycles. The molecule has 0 unspecified atom stereocenters. The van der Waals surface area contributed by atoms with Gasteiger partial charge in [0.25, 0.3) is 11.8 Å². The molecule has 45 heavy (non-hydrogen) atoms. The van der Waals surface area contributed by atoms with Crippen LogP contribution in [0.4, 0.5) is 0 Å². The molecule has 2 aromatic rings. The number of rotatable bonds is 21. The first-order valence-electron chi connectivity index (χ1n) is 16.3. The van der Waals surface area contributed by atoms with Gasteiger partial charge in [-0.25, -0.2) is 0 Å². The van der Waals surface area contributed by atoms with Gasteiger partial charge >= 0.3 is 0 Å². The number of pyridine rings is 2. The lowest BCUT2D eigenvalue weighted by Gasteiger charge is -2.04. The summed E-state index contributed by atoms with van der Waals surface area (Å²) in [6.45, 7) is 9.45. The number of aromatic nitrogens is 2. The van der Waals surface area contributed by atoms with Gasteiger partial charge in [0.2, 0.25) is 19.0 Å². The number of nitrogens with zero attached hydrogens (tertiary/aromatic N) is 2. The van der Waals surface area contributed by atoms with Gasteiger partial charge in [-0.15, -0.1) is 11.6 Å². The number of halogens is 3. The standard InChI is InChI=1S/C26H38N4O2.C8H16ClNO.2ClH/c1-3-5-7-9-15-27-25(31)21-29-17-11-23(12-18-29)24-13-19-30(20-14-24)22-26(32)28-16-10-8-6-4-2;1-2-3-4-5-6-10-8(11)7-9;;/h11-14,17-20H,3-10,15-16,21-22H2,1-2H3;2-7H2,1H3,(H,10,11);2*1H. The van der Waals surface area contributed by atoms with E-state index in [0.29, 0.717) is 13.1 Å². The first kappa shape index (κ1) is 44.7. The number of nitrogens with one attached hydrogen (secondary N) is 3. The zero-order chi connectivity index (χ0) is 31.5. The Kier molecular flexibility index (Phi) is 30.0. The topological polar surface area (TPSA) is 95.1 Å². The van der Waals surface area contributed by atoms with Gasteiger partial charge in [-0.05, 0) is 30.4 Å². The van der Waals surface area contributed by atoms with Gasteiger partial charge in [-0.3, -0.25) is 14.4 Å². The van der Waals surface area contributed by atoms with Crippen LogP contribution in [-0.2, 0) is 27.5 Å². The van der Waals surface area contributed by atoms with Crippen LogP contribution in [0.3, 0.4) is 0 Å². The second kappa shape index (κ2) is 30.2. The van der Waals surface area contributed by atoms with E-state index < -0.39 is 0 Å². The first-order chi connectivity index (χ1) is 20.9.